The fourth-order valence-corrected chi connectivity index (χ4v) is 3.82. The van der Waals surface area contributed by atoms with E-state index in [2.05, 4.69) is 6.92 Å². The molecule has 2 aliphatic rings. The number of amidine groups is 1. The van der Waals surface area contributed by atoms with Crippen molar-refractivity contribution in [3.63, 3.8) is 0 Å². The number of hydrogen-bond acceptors (Lipinski definition) is 4. The molecule has 1 spiro atoms. The van der Waals surface area contributed by atoms with Crippen molar-refractivity contribution in [2.24, 2.45) is 0 Å². The number of nitrogens with zero attached hydrogens (tertiary/aromatic N) is 1. The maximum atomic E-state index is 10.4. The van der Waals surface area contributed by atoms with Gasteiger partial charge in [-0.1, -0.05) is 45.1 Å². The predicted molar refractivity (Wildman–Crippen MR) is 93.0 cm³/mol. The molecule has 132 valence electrons. The van der Waals surface area contributed by atoms with Crippen LogP contribution in [0.3, 0.4) is 0 Å². The van der Waals surface area contributed by atoms with E-state index in [0.717, 1.165) is 42.7 Å². The summed E-state index contributed by atoms with van der Waals surface area (Å²) in [5.74, 6) is 0.446. The zero-order valence-corrected chi connectivity index (χ0v) is 14.5. The molecule has 1 fully saturated rings. The van der Waals surface area contributed by atoms with E-state index >= 15 is 0 Å². The number of phenolic OH excluding ortho intramolecular Hbond substituents is 1. The maximum absolute atomic E-state index is 10.4. The SMILES string of the molecule is CCCCCCCCOc1c(O)ccc2c1C(=N)N(O)C21CCC1. The van der Waals surface area contributed by atoms with E-state index in [0.29, 0.717) is 17.9 Å². The fraction of sp³-hybridized carbons (Fsp3) is 0.632. The lowest BCUT2D eigenvalue weighted by molar-refractivity contribution is -0.138. The highest BCUT2D eigenvalue weighted by Gasteiger charge is 2.53. The van der Waals surface area contributed by atoms with Crippen molar-refractivity contribution in [2.45, 2.75) is 70.3 Å². The second kappa shape index (κ2) is 7.01. The minimum absolute atomic E-state index is 0.0403. The third kappa shape index (κ3) is 2.75. The van der Waals surface area contributed by atoms with E-state index < -0.39 is 5.54 Å². The summed E-state index contributed by atoms with van der Waals surface area (Å²) in [5, 5.41) is 29.9. The van der Waals surface area contributed by atoms with Gasteiger partial charge in [0.2, 0.25) is 0 Å². The third-order valence-electron chi connectivity index (χ3n) is 5.42. The first kappa shape index (κ1) is 17.1. The van der Waals surface area contributed by atoms with Crippen LogP contribution in [0, 0.1) is 5.41 Å². The molecule has 0 saturated heterocycles. The lowest BCUT2D eigenvalue weighted by Crippen LogP contribution is -2.46. The first-order valence-electron chi connectivity index (χ1n) is 9.19. The van der Waals surface area contributed by atoms with Crippen molar-refractivity contribution in [1.82, 2.24) is 5.06 Å². The Hall–Kier alpha value is -1.75. The molecule has 1 heterocycles. The van der Waals surface area contributed by atoms with E-state index in [9.17, 15) is 10.3 Å². The van der Waals surface area contributed by atoms with Crippen molar-refractivity contribution in [2.75, 3.05) is 6.61 Å². The van der Waals surface area contributed by atoms with Crippen LogP contribution in [0.15, 0.2) is 12.1 Å². The van der Waals surface area contributed by atoms with Crippen LogP contribution in [0.2, 0.25) is 0 Å². The summed E-state index contributed by atoms with van der Waals surface area (Å²) >= 11 is 0. The zero-order valence-electron chi connectivity index (χ0n) is 14.5. The van der Waals surface area contributed by atoms with Gasteiger partial charge in [0.25, 0.3) is 0 Å². The smallest absolute Gasteiger partial charge is 0.172 e. The Labute approximate surface area is 143 Å². The van der Waals surface area contributed by atoms with E-state index in [1.54, 1.807) is 6.07 Å². The van der Waals surface area contributed by atoms with Crippen molar-refractivity contribution < 1.29 is 15.1 Å². The van der Waals surface area contributed by atoms with Gasteiger partial charge in [0.05, 0.1) is 17.7 Å². The number of aromatic hydroxyl groups is 1. The standard InChI is InChI=1S/C19H28N2O3/c1-2-3-4-5-6-7-13-24-17-15(22)10-9-14-16(17)18(20)21(23)19(14)11-8-12-19/h9-10,20,22-23H,2-8,11-13H2,1H3. The van der Waals surface area contributed by atoms with E-state index in [-0.39, 0.29) is 11.6 Å². The highest BCUT2D eigenvalue weighted by Crippen LogP contribution is 2.54. The molecule has 0 radical (unpaired) electrons. The number of nitrogens with one attached hydrogen (secondary N) is 1. The van der Waals surface area contributed by atoms with Gasteiger partial charge in [0.1, 0.15) is 0 Å². The number of rotatable bonds is 8. The molecule has 0 atom stereocenters. The fourth-order valence-electron chi connectivity index (χ4n) is 3.82. The third-order valence-corrected chi connectivity index (χ3v) is 5.42. The molecular weight excluding hydrogens is 304 g/mol. The summed E-state index contributed by atoms with van der Waals surface area (Å²) in [6, 6.07) is 3.45. The number of ether oxygens (including phenoxy) is 1. The van der Waals surface area contributed by atoms with Crippen molar-refractivity contribution in [3.05, 3.63) is 23.3 Å². The Balaban J connectivity index is 1.68. The summed E-state index contributed by atoms with van der Waals surface area (Å²) < 4.78 is 5.84. The average Bonchev–Trinajstić information content (AvgIpc) is 2.76. The van der Waals surface area contributed by atoms with Gasteiger partial charge in [0, 0.05) is 0 Å². The lowest BCUT2D eigenvalue weighted by atomic mass is 9.72. The number of phenols is 1. The molecule has 0 unspecified atom stereocenters. The van der Waals surface area contributed by atoms with Gasteiger partial charge in [-0.15, -0.1) is 0 Å². The van der Waals surface area contributed by atoms with Crippen LogP contribution in [0.5, 0.6) is 11.5 Å². The second-order valence-electron chi connectivity index (χ2n) is 7.00. The summed E-state index contributed by atoms with van der Waals surface area (Å²) in [6.45, 7) is 2.73. The average molecular weight is 332 g/mol. The Bertz CT molecular complexity index is 611. The van der Waals surface area contributed by atoms with Crippen molar-refractivity contribution >= 4 is 5.84 Å². The van der Waals surface area contributed by atoms with E-state index in [1.165, 1.54) is 25.7 Å². The predicted octanol–water partition coefficient (Wildman–Crippen LogP) is 4.54. The molecule has 5 heteroatoms. The molecule has 1 aliphatic heterocycles. The highest BCUT2D eigenvalue weighted by atomic mass is 16.5. The van der Waals surface area contributed by atoms with E-state index in [1.807, 2.05) is 6.07 Å². The second-order valence-corrected chi connectivity index (χ2v) is 7.00. The maximum Gasteiger partial charge on any atom is 0.172 e. The van der Waals surface area contributed by atoms with Crippen LogP contribution in [0.1, 0.15) is 75.8 Å². The van der Waals surface area contributed by atoms with Crippen LogP contribution < -0.4 is 4.74 Å². The Morgan fingerprint density at radius 1 is 1.17 bits per heavy atom. The van der Waals surface area contributed by atoms with E-state index in [4.69, 9.17) is 10.1 Å². The number of benzene rings is 1. The summed E-state index contributed by atoms with van der Waals surface area (Å²) in [6.07, 6.45) is 9.74. The molecule has 0 bridgehead atoms. The van der Waals surface area contributed by atoms with Crippen molar-refractivity contribution in [3.8, 4) is 11.5 Å². The van der Waals surface area contributed by atoms with Crippen LogP contribution in [-0.4, -0.2) is 27.8 Å². The van der Waals surface area contributed by atoms with Gasteiger partial charge in [-0.3, -0.25) is 10.6 Å². The molecule has 1 aliphatic carbocycles. The molecule has 24 heavy (non-hydrogen) atoms. The lowest BCUT2D eigenvalue weighted by Gasteiger charge is -2.43. The molecule has 1 aromatic carbocycles. The largest absolute Gasteiger partial charge is 0.504 e. The molecule has 0 aromatic heterocycles. The van der Waals surface area contributed by atoms with Crippen LogP contribution >= 0.6 is 0 Å². The van der Waals surface area contributed by atoms with Crippen LogP contribution in [-0.2, 0) is 5.54 Å². The summed E-state index contributed by atoms with van der Waals surface area (Å²) in [5.41, 5.74) is 0.999. The molecular formula is C19H28N2O3. The van der Waals surface area contributed by atoms with Gasteiger partial charge in [-0.25, -0.2) is 5.06 Å². The molecule has 3 N–H and O–H groups in total. The Kier molecular flexibility index (Phi) is 4.99. The minimum atomic E-state index is -0.474. The first-order valence-corrected chi connectivity index (χ1v) is 9.19. The molecule has 5 nitrogen and oxygen atoms in total. The highest BCUT2D eigenvalue weighted by molar-refractivity contribution is 6.04. The number of fused-ring (bicyclic) bond motifs is 2. The normalized spacial score (nSPS) is 17.9. The summed E-state index contributed by atoms with van der Waals surface area (Å²) in [4.78, 5) is 0. The molecule has 3 rings (SSSR count). The van der Waals surface area contributed by atoms with Gasteiger partial charge >= 0.3 is 0 Å². The monoisotopic (exact) mass is 332 g/mol. The Morgan fingerprint density at radius 2 is 1.88 bits per heavy atom. The molecule has 1 saturated carbocycles. The minimum Gasteiger partial charge on any atom is -0.504 e. The van der Waals surface area contributed by atoms with Gasteiger partial charge < -0.3 is 9.84 Å². The quantitative estimate of drug-likeness (QED) is 0.611. The van der Waals surface area contributed by atoms with Crippen LogP contribution in [0.25, 0.3) is 0 Å². The molecule has 0 amide bonds. The number of hydrogen-bond donors (Lipinski definition) is 3. The zero-order chi connectivity index (χ0) is 17.2. The number of unbranched alkanes of at least 4 members (excludes halogenated alkanes) is 5. The Morgan fingerprint density at radius 3 is 2.54 bits per heavy atom. The van der Waals surface area contributed by atoms with Gasteiger partial charge in [-0.2, -0.15) is 0 Å². The number of hydroxylamine groups is 2. The van der Waals surface area contributed by atoms with Gasteiger partial charge in [0.15, 0.2) is 17.3 Å². The van der Waals surface area contributed by atoms with Crippen molar-refractivity contribution in [1.29, 1.82) is 5.41 Å². The van der Waals surface area contributed by atoms with Gasteiger partial charge in [-0.05, 0) is 37.3 Å². The summed E-state index contributed by atoms with van der Waals surface area (Å²) in [7, 11) is 0. The first-order chi connectivity index (χ1) is 11.6. The molecule has 1 aromatic rings. The van der Waals surface area contributed by atoms with Crippen LogP contribution in [0.4, 0.5) is 0 Å². The topological polar surface area (TPSA) is 76.8 Å².